The molecular weight excluding hydrogens is 495 g/mol. The van der Waals surface area contributed by atoms with E-state index in [9.17, 15) is 17.6 Å². The van der Waals surface area contributed by atoms with Crippen LogP contribution in [0.15, 0.2) is 77.7 Å². The van der Waals surface area contributed by atoms with Crippen LogP contribution in [-0.4, -0.2) is 33.2 Å². The summed E-state index contributed by atoms with van der Waals surface area (Å²) in [6.45, 7) is 1.95. The Hall–Kier alpha value is -2.55. The molecule has 180 valence electrons. The van der Waals surface area contributed by atoms with E-state index in [4.69, 9.17) is 11.6 Å². The first-order valence-electron chi connectivity index (χ1n) is 10.7. The van der Waals surface area contributed by atoms with Crippen LogP contribution < -0.4 is 9.62 Å². The molecule has 0 bridgehead atoms. The Bertz CT molecular complexity index is 1200. The highest BCUT2D eigenvalue weighted by Gasteiger charge is 2.27. The van der Waals surface area contributed by atoms with Gasteiger partial charge in [-0.3, -0.25) is 9.10 Å². The van der Waals surface area contributed by atoms with Crippen molar-refractivity contribution in [1.82, 2.24) is 5.32 Å². The van der Waals surface area contributed by atoms with Gasteiger partial charge in [-0.1, -0.05) is 47.5 Å². The van der Waals surface area contributed by atoms with E-state index in [0.29, 0.717) is 35.0 Å². The van der Waals surface area contributed by atoms with E-state index in [0.717, 1.165) is 15.6 Å². The van der Waals surface area contributed by atoms with E-state index in [1.54, 1.807) is 54.2 Å². The zero-order valence-electron chi connectivity index (χ0n) is 18.7. The Kier molecular flexibility index (Phi) is 9.38. The van der Waals surface area contributed by atoms with Crippen molar-refractivity contribution in [3.8, 4) is 0 Å². The zero-order chi connectivity index (χ0) is 24.6. The van der Waals surface area contributed by atoms with Gasteiger partial charge in [0, 0.05) is 17.3 Å². The van der Waals surface area contributed by atoms with Crippen molar-refractivity contribution in [3.05, 3.63) is 94.8 Å². The standard InChI is InChI=1S/C25H26ClFN2O3S2/c1-19-7-11-22(12-8-19)29(34(31,32)23-13-9-21(26)10-14-23)17-25(30)28-15-4-16-33-18-20-5-2-3-6-24(20)27/h2-3,5-14H,4,15-18H2,1H3,(H,28,30). The van der Waals surface area contributed by atoms with Crippen LogP contribution >= 0.6 is 23.4 Å². The average molecular weight is 521 g/mol. The third kappa shape index (κ3) is 7.22. The molecule has 0 spiro atoms. The van der Waals surface area contributed by atoms with E-state index in [1.807, 2.05) is 6.92 Å². The number of benzene rings is 3. The number of nitrogens with zero attached hydrogens (tertiary/aromatic N) is 1. The van der Waals surface area contributed by atoms with Crippen LogP contribution in [0.5, 0.6) is 0 Å². The fourth-order valence-corrected chi connectivity index (χ4v) is 5.64. The highest BCUT2D eigenvalue weighted by atomic mass is 35.5. The lowest BCUT2D eigenvalue weighted by Crippen LogP contribution is -2.41. The number of amides is 1. The molecule has 0 fully saturated rings. The molecule has 0 radical (unpaired) electrons. The number of hydrogen-bond acceptors (Lipinski definition) is 4. The first-order chi connectivity index (χ1) is 16.3. The summed E-state index contributed by atoms with van der Waals surface area (Å²) in [4.78, 5) is 12.7. The molecule has 0 unspecified atom stereocenters. The van der Waals surface area contributed by atoms with Gasteiger partial charge in [-0.2, -0.15) is 11.8 Å². The molecular formula is C25H26ClFN2O3S2. The lowest BCUT2D eigenvalue weighted by Gasteiger charge is -2.24. The number of sulfonamides is 1. The van der Waals surface area contributed by atoms with Gasteiger partial charge in [0.05, 0.1) is 10.6 Å². The van der Waals surface area contributed by atoms with Gasteiger partial charge >= 0.3 is 0 Å². The molecule has 9 heteroatoms. The molecule has 0 saturated carbocycles. The van der Waals surface area contributed by atoms with Crippen molar-refractivity contribution in [3.63, 3.8) is 0 Å². The van der Waals surface area contributed by atoms with Crippen molar-refractivity contribution in [1.29, 1.82) is 0 Å². The molecule has 3 aromatic carbocycles. The molecule has 0 aromatic heterocycles. The summed E-state index contributed by atoms with van der Waals surface area (Å²) < 4.78 is 41.4. The number of anilines is 1. The Morgan fingerprint density at radius 1 is 1.03 bits per heavy atom. The molecule has 0 aliphatic rings. The molecule has 1 N–H and O–H groups in total. The van der Waals surface area contributed by atoms with Crippen molar-refractivity contribution in [2.24, 2.45) is 0 Å². The van der Waals surface area contributed by atoms with Crippen LogP contribution in [-0.2, 0) is 20.6 Å². The molecule has 0 aliphatic heterocycles. The van der Waals surface area contributed by atoms with Gasteiger partial charge in [0.2, 0.25) is 5.91 Å². The fourth-order valence-electron chi connectivity index (χ4n) is 3.15. The zero-order valence-corrected chi connectivity index (χ0v) is 21.1. The van der Waals surface area contributed by atoms with Gasteiger partial charge in [-0.15, -0.1) is 0 Å². The number of aryl methyl sites for hydroxylation is 1. The van der Waals surface area contributed by atoms with Crippen molar-refractivity contribution >= 4 is 45.0 Å². The molecule has 0 aliphatic carbocycles. The average Bonchev–Trinajstić information content (AvgIpc) is 2.82. The highest BCUT2D eigenvalue weighted by molar-refractivity contribution is 7.98. The molecule has 1 amide bonds. The smallest absolute Gasteiger partial charge is 0.264 e. The van der Waals surface area contributed by atoms with Gasteiger partial charge in [0.1, 0.15) is 12.4 Å². The Morgan fingerprint density at radius 3 is 2.38 bits per heavy atom. The second-order valence-corrected chi connectivity index (χ2v) is 11.1. The third-order valence-electron chi connectivity index (χ3n) is 5.01. The number of halogens is 2. The van der Waals surface area contributed by atoms with Crippen LogP contribution in [0.25, 0.3) is 0 Å². The lowest BCUT2D eigenvalue weighted by atomic mass is 10.2. The van der Waals surface area contributed by atoms with E-state index in [1.165, 1.54) is 30.3 Å². The maximum atomic E-state index is 13.7. The molecule has 0 saturated heterocycles. The minimum Gasteiger partial charge on any atom is -0.354 e. The molecule has 5 nitrogen and oxygen atoms in total. The summed E-state index contributed by atoms with van der Waals surface area (Å²) in [7, 11) is -3.98. The van der Waals surface area contributed by atoms with Crippen molar-refractivity contribution in [2.75, 3.05) is 23.1 Å². The summed E-state index contributed by atoms with van der Waals surface area (Å²) in [5.41, 5.74) is 2.03. The Balaban J connectivity index is 1.59. The molecule has 3 rings (SSSR count). The number of nitrogens with one attached hydrogen (secondary N) is 1. The molecule has 3 aromatic rings. The summed E-state index contributed by atoms with van der Waals surface area (Å²) in [5, 5.41) is 3.21. The number of rotatable bonds is 11. The first kappa shape index (κ1) is 26.1. The Morgan fingerprint density at radius 2 is 1.71 bits per heavy atom. The minimum absolute atomic E-state index is 0.0508. The number of carbonyl (C=O) groups excluding carboxylic acids is 1. The third-order valence-corrected chi connectivity index (χ3v) is 8.15. The summed E-state index contributed by atoms with van der Waals surface area (Å²) in [6, 6.07) is 19.4. The molecule has 0 atom stereocenters. The van der Waals surface area contributed by atoms with Crippen molar-refractivity contribution in [2.45, 2.75) is 24.0 Å². The summed E-state index contributed by atoms with van der Waals surface area (Å²) >= 11 is 7.48. The normalized spacial score (nSPS) is 11.3. The van der Waals surface area contributed by atoms with Crippen LogP contribution in [0, 0.1) is 12.7 Å². The second-order valence-electron chi connectivity index (χ2n) is 7.65. The van der Waals surface area contributed by atoms with E-state index in [2.05, 4.69) is 5.32 Å². The molecule has 0 heterocycles. The van der Waals surface area contributed by atoms with Gasteiger partial charge in [0.25, 0.3) is 10.0 Å². The Labute approximate surface area is 209 Å². The van der Waals surface area contributed by atoms with Crippen LogP contribution in [0.1, 0.15) is 17.5 Å². The highest BCUT2D eigenvalue weighted by Crippen LogP contribution is 2.25. The topological polar surface area (TPSA) is 66.5 Å². The van der Waals surface area contributed by atoms with Crippen LogP contribution in [0.2, 0.25) is 5.02 Å². The van der Waals surface area contributed by atoms with Crippen LogP contribution in [0.4, 0.5) is 10.1 Å². The van der Waals surface area contributed by atoms with Gasteiger partial charge in [0.15, 0.2) is 0 Å². The maximum absolute atomic E-state index is 13.7. The van der Waals surface area contributed by atoms with Crippen molar-refractivity contribution < 1.29 is 17.6 Å². The minimum atomic E-state index is -3.98. The van der Waals surface area contributed by atoms with Gasteiger partial charge < -0.3 is 5.32 Å². The van der Waals surface area contributed by atoms with Gasteiger partial charge in [-0.25, -0.2) is 12.8 Å². The largest absolute Gasteiger partial charge is 0.354 e. The van der Waals surface area contributed by atoms with E-state index in [-0.39, 0.29) is 17.3 Å². The van der Waals surface area contributed by atoms with Crippen LogP contribution in [0.3, 0.4) is 0 Å². The monoisotopic (exact) mass is 520 g/mol. The van der Waals surface area contributed by atoms with E-state index >= 15 is 0 Å². The fraction of sp³-hybridized carbons (Fsp3) is 0.240. The predicted octanol–water partition coefficient (Wildman–Crippen LogP) is 5.42. The lowest BCUT2D eigenvalue weighted by molar-refractivity contribution is -0.119. The number of carbonyl (C=O) groups is 1. The quantitative estimate of drug-likeness (QED) is 0.343. The first-order valence-corrected chi connectivity index (χ1v) is 13.7. The number of thioether (sulfide) groups is 1. The molecule has 34 heavy (non-hydrogen) atoms. The predicted molar refractivity (Wildman–Crippen MR) is 137 cm³/mol. The maximum Gasteiger partial charge on any atom is 0.264 e. The van der Waals surface area contributed by atoms with Gasteiger partial charge in [-0.05, 0) is 67.1 Å². The number of hydrogen-bond donors (Lipinski definition) is 1. The summed E-state index contributed by atoms with van der Waals surface area (Å²) in [6.07, 6.45) is 0.680. The second kappa shape index (κ2) is 12.2. The van der Waals surface area contributed by atoms with E-state index < -0.39 is 15.9 Å². The summed E-state index contributed by atoms with van der Waals surface area (Å²) in [5.74, 6) is 0.666. The SMILES string of the molecule is Cc1ccc(N(CC(=O)NCCCSCc2ccccc2F)S(=O)(=O)c2ccc(Cl)cc2)cc1.